The van der Waals surface area contributed by atoms with Crippen molar-refractivity contribution in [2.75, 3.05) is 0 Å². The van der Waals surface area contributed by atoms with Crippen molar-refractivity contribution < 1.29 is 23.9 Å². The van der Waals surface area contributed by atoms with Crippen LogP contribution in [-0.4, -0.2) is 23.5 Å². The molecule has 0 amide bonds. The van der Waals surface area contributed by atoms with Crippen LogP contribution in [0.4, 0.5) is 0 Å². The average molecular weight is 631 g/mol. The van der Waals surface area contributed by atoms with Crippen LogP contribution in [0.3, 0.4) is 0 Å². The van der Waals surface area contributed by atoms with Crippen molar-refractivity contribution in [3.8, 4) is 0 Å². The number of hydrogen-bond acceptors (Lipinski definition) is 5. The van der Waals surface area contributed by atoms with E-state index in [1.54, 1.807) is 13.8 Å². The van der Waals surface area contributed by atoms with E-state index in [0.29, 0.717) is 24.4 Å². The minimum atomic E-state index is -0.365. The van der Waals surface area contributed by atoms with Crippen molar-refractivity contribution in [2.24, 2.45) is 0 Å². The van der Waals surface area contributed by atoms with E-state index in [0.717, 1.165) is 77.0 Å². The maximum Gasteiger partial charge on any atom is 0.313 e. The number of allylic oxidation sites excluding steroid dienone is 4. The second-order valence-corrected chi connectivity index (χ2v) is 13.1. The lowest BCUT2D eigenvalue weighted by Crippen LogP contribution is -2.11. The van der Waals surface area contributed by atoms with Crippen LogP contribution in [0.15, 0.2) is 24.3 Å². The van der Waals surface area contributed by atoms with Gasteiger partial charge in [-0.3, -0.25) is 9.59 Å². The summed E-state index contributed by atoms with van der Waals surface area (Å²) in [6.07, 6.45) is 41.2. The zero-order valence-corrected chi connectivity index (χ0v) is 29.6. The van der Waals surface area contributed by atoms with E-state index in [1.807, 2.05) is 0 Å². The van der Waals surface area contributed by atoms with Crippen LogP contribution in [0.2, 0.25) is 0 Å². The summed E-state index contributed by atoms with van der Waals surface area (Å²) in [6, 6.07) is 0. The van der Waals surface area contributed by atoms with Gasteiger partial charge in [-0.15, -0.1) is 0 Å². The summed E-state index contributed by atoms with van der Waals surface area (Å²) in [5.41, 5.74) is 0. The molecule has 0 unspecified atom stereocenters. The van der Waals surface area contributed by atoms with Gasteiger partial charge in [-0.05, 0) is 90.9 Å². The van der Waals surface area contributed by atoms with Crippen LogP contribution < -0.4 is 0 Å². The summed E-state index contributed by atoms with van der Waals surface area (Å²) in [5, 5.41) is 0. The van der Waals surface area contributed by atoms with Gasteiger partial charge in [-0.2, -0.15) is 0 Å². The number of rotatable bonds is 34. The Labute approximate surface area is 277 Å². The SMILES string of the molecule is CC(=O)CCCCCCCCC=CCCCCCCCC(=O)OC(=O)CCCCCCCC=CCCCCCCCCC(C)=O. The fourth-order valence-electron chi connectivity index (χ4n) is 5.51. The lowest BCUT2D eigenvalue weighted by Gasteiger charge is -2.04. The molecule has 5 nitrogen and oxygen atoms in total. The molecule has 0 saturated carbocycles. The Hall–Kier alpha value is -2.04. The molecule has 0 aliphatic heterocycles. The third-order valence-electron chi connectivity index (χ3n) is 8.36. The number of carbonyl (C=O) groups excluding carboxylic acids is 4. The topological polar surface area (TPSA) is 77.5 Å². The fraction of sp³-hybridized carbons (Fsp3) is 0.800. The molecule has 260 valence electrons. The second-order valence-electron chi connectivity index (χ2n) is 13.1. The molecule has 0 aromatic heterocycles. The third kappa shape index (κ3) is 38.1. The lowest BCUT2D eigenvalue weighted by molar-refractivity contribution is -0.159. The second kappa shape index (κ2) is 34.8. The molecule has 0 radical (unpaired) electrons. The van der Waals surface area contributed by atoms with Gasteiger partial charge in [0.05, 0.1) is 0 Å². The summed E-state index contributed by atoms with van der Waals surface area (Å²) in [5.74, 6) is -0.112. The third-order valence-corrected chi connectivity index (χ3v) is 8.36. The zero-order chi connectivity index (χ0) is 33.1. The number of carbonyl (C=O) groups is 4. The van der Waals surface area contributed by atoms with Crippen LogP contribution in [0.5, 0.6) is 0 Å². The van der Waals surface area contributed by atoms with E-state index in [-0.39, 0.29) is 11.9 Å². The van der Waals surface area contributed by atoms with Gasteiger partial charge >= 0.3 is 11.9 Å². The van der Waals surface area contributed by atoms with Crippen molar-refractivity contribution in [2.45, 2.75) is 206 Å². The molecule has 0 spiro atoms. The number of ether oxygens (including phenoxy) is 1. The molecule has 0 N–H and O–H groups in total. The molecule has 0 saturated heterocycles. The van der Waals surface area contributed by atoms with Gasteiger partial charge < -0.3 is 14.3 Å². The summed E-state index contributed by atoms with van der Waals surface area (Å²) in [6.45, 7) is 3.35. The predicted molar refractivity (Wildman–Crippen MR) is 189 cm³/mol. The van der Waals surface area contributed by atoms with E-state index >= 15 is 0 Å². The molecule has 5 heteroatoms. The molecule has 0 bridgehead atoms. The van der Waals surface area contributed by atoms with Gasteiger partial charge in [0.2, 0.25) is 0 Å². The first-order valence-electron chi connectivity index (χ1n) is 18.9. The van der Waals surface area contributed by atoms with Crippen molar-refractivity contribution in [3.05, 3.63) is 24.3 Å². The first-order chi connectivity index (χ1) is 21.9. The van der Waals surface area contributed by atoms with E-state index in [1.165, 1.54) is 103 Å². The number of hydrogen-bond donors (Lipinski definition) is 0. The first-order valence-corrected chi connectivity index (χ1v) is 18.9. The highest BCUT2D eigenvalue weighted by Crippen LogP contribution is 2.13. The minimum Gasteiger partial charge on any atom is -0.393 e. The Morgan fingerprint density at radius 2 is 0.556 bits per heavy atom. The largest absolute Gasteiger partial charge is 0.393 e. The first kappa shape index (κ1) is 43.0. The smallest absolute Gasteiger partial charge is 0.313 e. The summed E-state index contributed by atoms with van der Waals surface area (Å²) >= 11 is 0. The summed E-state index contributed by atoms with van der Waals surface area (Å²) in [4.78, 5) is 45.7. The Morgan fingerprint density at radius 1 is 0.333 bits per heavy atom. The maximum absolute atomic E-state index is 11.9. The number of unbranched alkanes of at least 4 members (excludes halogenated alkanes) is 22. The lowest BCUT2D eigenvalue weighted by atomic mass is 10.1. The number of esters is 2. The summed E-state index contributed by atoms with van der Waals surface area (Å²) < 4.78 is 5.00. The van der Waals surface area contributed by atoms with Gasteiger partial charge in [-0.25, -0.2) is 0 Å². The van der Waals surface area contributed by atoms with Crippen LogP contribution in [0.25, 0.3) is 0 Å². The fourth-order valence-corrected chi connectivity index (χ4v) is 5.51. The van der Waals surface area contributed by atoms with Gasteiger partial charge in [0.15, 0.2) is 0 Å². The quantitative estimate of drug-likeness (QED) is 0.0306. The van der Waals surface area contributed by atoms with Gasteiger partial charge in [0.25, 0.3) is 0 Å². The molecule has 45 heavy (non-hydrogen) atoms. The standard InChI is InChI=1S/C40H70O5/c1-37(41)33-29-25-21-17-13-9-5-3-7-11-15-19-23-27-31-35-39(43)45-40(44)36-32-28-24-20-16-12-8-4-6-10-14-18-22-26-30-34-38(2)42/h3-4,7-8H,5-6,9-36H2,1-2H3. The minimum absolute atomic E-state index is 0.309. The van der Waals surface area contributed by atoms with Crippen LogP contribution in [0, 0.1) is 0 Å². The molecule has 0 fully saturated rings. The normalized spacial score (nSPS) is 11.5. The maximum atomic E-state index is 11.9. The highest BCUT2D eigenvalue weighted by atomic mass is 16.6. The molecule has 0 heterocycles. The van der Waals surface area contributed by atoms with Gasteiger partial charge in [-0.1, -0.05) is 114 Å². The molecule has 0 aromatic carbocycles. The van der Waals surface area contributed by atoms with E-state index < -0.39 is 0 Å². The Bertz CT molecular complexity index is 718. The predicted octanol–water partition coefficient (Wildman–Crippen LogP) is 12.0. The highest BCUT2D eigenvalue weighted by Gasteiger charge is 2.09. The molecule has 0 aliphatic rings. The van der Waals surface area contributed by atoms with Crippen LogP contribution in [0.1, 0.15) is 206 Å². The molecule has 0 rings (SSSR count). The van der Waals surface area contributed by atoms with Gasteiger partial charge in [0.1, 0.15) is 11.6 Å². The van der Waals surface area contributed by atoms with Crippen LogP contribution >= 0.6 is 0 Å². The Kier molecular flexibility index (Phi) is 33.2. The number of ketones is 2. The Balaban J connectivity index is 3.37. The van der Waals surface area contributed by atoms with Crippen molar-refractivity contribution >= 4 is 23.5 Å². The van der Waals surface area contributed by atoms with E-state index in [2.05, 4.69) is 24.3 Å². The Morgan fingerprint density at radius 3 is 0.822 bits per heavy atom. The molecular formula is C40H70O5. The zero-order valence-electron chi connectivity index (χ0n) is 29.6. The molecule has 0 atom stereocenters. The van der Waals surface area contributed by atoms with Gasteiger partial charge in [0, 0.05) is 25.7 Å². The average Bonchev–Trinajstić information content (AvgIpc) is 2.99. The van der Waals surface area contributed by atoms with E-state index in [9.17, 15) is 19.2 Å². The molecular weight excluding hydrogens is 560 g/mol. The van der Waals surface area contributed by atoms with Crippen molar-refractivity contribution in [1.29, 1.82) is 0 Å². The van der Waals surface area contributed by atoms with Crippen LogP contribution in [-0.2, 0) is 23.9 Å². The van der Waals surface area contributed by atoms with Crippen molar-refractivity contribution in [3.63, 3.8) is 0 Å². The van der Waals surface area contributed by atoms with Crippen molar-refractivity contribution in [1.82, 2.24) is 0 Å². The van der Waals surface area contributed by atoms with E-state index in [4.69, 9.17) is 4.74 Å². The highest BCUT2D eigenvalue weighted by molar-refractivity contribution is 5.85. The number of Topliss-reactive ketones (excluding diaryl/α,β-unsaturated/α-hetero) is 2. The monoisotopic (exact) mass is 631 g/mol. The molecule has 0 aromatic rings. The summed E-state index contributed by atoms with van der Waals surface area (Å²) in [7, 11) is 0. The molecule has 0 aliphatic carbocycles.